The van der Waals surface area contributed by atoms with Crippen LogP contribution < -0.4 is 15.5 Å². The molecular formula is C34H25ClN4O2S. The van der Waals surface area contributed by atoms with E-state index in [0.29, 0.717) is 22.9 Å². The number of nitrogens with zero attached hydrogens (tertiary/aromatic N) is 2. The Kier molecular flexibility index (Phi) is 8.21. The van der Waals surface area contributed by atoms with Crippen LogP contribution in [0.25, 0.3) is 22.0 Å². The Morgan fingerprint density at radius 1 is 0.881 bits per heavy atom. The first kappa shape index (κ1) is 27.2. The van der Waals surface area contributed by atoms with Crippen molar-refractivity contribution in [3.05, 3.63) is 142 Å². The molecule has 1 aromatic heterocycles. The molecule has 0 saturated carbocycles. The molecule has 6 aromatic rings. The van der Waals surface area contributed by atoms with Gasteiger partial charge in [0.2, 0.25) is 0 Å². The summed E-state index contributed by atoms with van der Waals surface area (Å²) in [5.41, 5.74) is 7.61. The second kappa shape index (κ2) is 12.7. The standard InChI is InChI=1S/C34H25ClN4O2S/c35-28-16-18-29(19-17-28)37-34-38-31(22-42-34)24-12-14-25(15-13-24)33(40)39-36-20-26-7-2-4-11-32(26)41-21-27-9-5-8-23-6-1-3-10-30(23)27/h1-20,22H,21H2,(H,37,38)(H,39,40)/b36-20-. The van der Waals surface area contributed by atoms with Crippen molar-refractivity contribution >= 4 is 56.7 Å². The van der Waals surface area contributed by atoms with Crippen molar-refractivity contribution in [3.63, 3.8) is 0 Å². The summed E-state index contributed by atoms with van der Waals surface area (Å²) < 4.78 is 6.15. The molecule has 206 valence electrons. The molecule has 0 atom stereocenters. The number of carbonyl (C=O) groups excluding carboxylic acids is 1. The van der Waals surface area contributed by atoms with Crippen LogP contribution in [0.3, 0.4) is 0 Å². The van der Waals surface area contributed by atoms with E-state index in [1.807, 2.05) is 84.2 Å². The first-order chi connectivity index (χ1) is 20.6. The minimum atomic E-state index is -0.310. The summed E-state index contributed by atoms with van der Waals surface area (Å²) in [5.74, 6) is 0.372. The van der Waals surface area contributed by atoms with Crippen LogP contribution in [0.15, 0.2) is 126 Å². The maximum absolute atomic E-state index is 12.7. The molecule has 0 bridgehead atoms. The highest BCUT2D eigenvalue weighted by atomic mass is 35.5. The molecule has 42 heavy (non-hydrogen) atoms. The third-order valence-corrected chi connectivity index (χ3v) is 7.60. The number of halogens is 1. The number of rotatable bonds is 9. The Bertz CT molecular complexity index is 1860. The lowest BCUT2D eigenvalue weighted by molar-refractivity contribution is 0.0955. The molecule has 8 heteroatoms. The van der Waals surface area contributed by atoms with Gasteiger partial charge >= 0.3 is 0 Å². The predicted octanol–water partition coefficient (Wildman–Crippen LogP) is 8.70. The number of hydrogen-bond acceptors (Lipinski definition) is 6. The number of hydrazone groups is 1. The normalized spacial score (nSPS) is 11.1. The largest absolute Gasteiger partial charge is 0.488 e. The van der Waals surface area contributed by atoms with Crippen LogP contribution in [0, 0.1) is 0 Å². The number of para-hydroxylation sites is 1. The number of anilines is 2. The van der Waals surface area contributed by atoms with Gasteiger partial charge in [-0.05, 0) is 64.9 Å². The molecule has 0 spiro atoms. The van der Waals surface area contributed by atoms with Crippen molar-refractivity contribution in [1.82, 2.24) is 10.4 Å². The highest BCUT2D eigenvalue weighted by Gasteiger charge is 2.09. The van der Waals surface area contributed by atoms with Crippen LogP contribution in [0.2, 0.25) is 5.02 Å². The molecule has 0 aliphatic heterocycles. The van der Waals surface area contributed by atoms with Crippen molar-refractivity contribution in [1.29, 1.82) is 0 Å². The van der Waals surface area contributed by atoms with E-state index in [-0.39, 0.29) is 5.91 Å². The quantitative estimate of drug-likeness (QED) is 0.131. The summed E-state index contributed by atoms with van der Waals surface area (Å²) >= 11 is 7.46. The average Bonchev–Trinajstić information content (AvgIpc) is 3.50. The third-order valence-electron chi connectivity index (χ3n) is 6.59. The minimum Gasteiger partial charge on any atom is -0.488 e. The fourth-order valence-corrected chi connectivity index (χ4v) is 5.30. The Morgan fingerprint density at radius 3 is 2.50 bits per heavy atom. The molecule has 0 fully saturated rings. The molecule has 0 aliphatic rings. The van der Waals surface area contributed by atoms with Gasteiger partial charge in [-0.2, -0.15) is 5.10 Å². The lowest BCUT2D eigenvalue weighted by atomic mass is 10.1. The minimum absolute atomic E-state index is 0.310. The van der Waals surface area contributed by atoms with E-state index >= 15 is 0 Å². The number of aromatic nitrogens is 1. The van der Waals surface area contributed by atoms with Gasteiger partial charge in [-0.1, -0.05) is 78.3 Å². The molecular weight excluding hydrogens is 564 g/mol. The number of hydrogen-bond donors (Lipinski definition) is 2. The number of fused-ring (bicyclic) bond motifs is 1. The van der Waals surface area contributed by atoms with Gasteiger partial charge in [0.05, 0.1) is 11.9 Å². The number of carbonyl (C=O) groups is 1. The number of thiazole rings is 1. The molecule has 5 aromatic carbocycles. The zero-order chi connectivity index (χ0) is 28.7. The lowest BCUT2D eigenvalue weighted by Gasteiger charge is -2.11. The number of benzene rings is 5. The third kappa shape index (κ3) is 6.49. The van der Waals surface area contributed by atoms with Crippen molar-refractivity contribution in [3.8, 4) is 17.0 Å². The van der Waals surface area contributed by atoms with Crippen LogP contribution in [0.1, 0.15) is 21.5 Å². The van der Waals surface area contributed by atoms with E-state index in [1.54, 1.807) is 18.3 Å². The second-order valence-electron chi connectivity index (χ2n) is 9.41. The topological polar surface area (TPSA) is 75.6 Å². The maximum Gasteiger partial charge on any atom is 0.271 e. The number of nitrogens with one attached hydrogen (secondary N) is 2. The Balaban J connectivity index is 1.07. The summed E-state index contributed by atoms with van der Waals surface area (Å²) in [4.78, 5) is 17.4. The first-order valence-electron chi connectivity index (χ1n) is 13.2. The van der Waals surface area contributed by atoms with Crippen molar-refractivity contribution in [2.24, 2.45) is 5.10 Å². The Labute approximate surface area is 252 Å². The molecule has 1 amide bonds. The summed E-state index contributed by atoms with van der Waals surface area (Å²) in [7, 11) is 0. The van der Waals surface area contributed by atoms with Gasteiger partial charge in [-0.3, -0.25) is 4.79 Å². The van der Waals surface area contributed by atoms with Crippen molar-refractivity contribution < 1.29 is 9.53 Å². The summed E-state index contributed by atoms with van der Waals surface area (Å²) in [6, 6.07) is 36.7. The molecule has 2 N–H and O–H groups in total. The van der Waals surface area contributed by atoms with E-state index in [4.69, 9.17) is 16.3 Å². The van der Waals surface area contributed by atoms with E-state index in [0.717, 1.165) is 38.6 Å². The van der Waals surface area contributed by atoms with Crippen LogP contribution in [0.5, 0.6) is 5.75 Å². The molecule has 6 rings (SSSR count). The SMILES string of the molecule is O=C(N/N=C\c1ccccc1OCc1cccc2ccccc12)c1ccc(-c2csc(Nc3ccc(Cl)cc3)n2)cc1. The van der Waals surface area contributed by atoms with Crippen LogP contribution in [-0.2, 0) is 6.61 Å². The van der Waals surface area contributed by atoms with Gasteiger partial charge in [0.15, 0.2) is 5.13 Å². The van der Waals surface area contributed by atoms with E-state index in [1.165, 1.54) is 16.7 Å². The summed E-state index contributed by atoms with van der Waals surface area (Å²) in [5, 5.41) is 13.2. The smallest absolute Gasteiger partial charge is 0.271 e. The highest BCUT2D eigenvalue weighted by Crippen LogP contribution is 2.28. The lowest BCUT2D eigenvalue weighted by Crippen LogP contribution is -2.17. The molecule has 0 unspecified atom stereocenters. The van der Waals surface area contributed by atoms with Crippen LogP contribution in [0.4, 0.5) is 10.8 Å². The Morgan fingerprint density at radius 2 is 1.64 bits per heavy atom. The number of ether oxygens (including phenoxy) is 1. The average molecular weight is 589 g/mol. The maximum atomic E-state index is 12.7. The van der Waals surface area contributed by atoms with Crippen molar-refractivity contribution in [2.45, 2.75) is 6.61 Å². The highest BCUT2D eigenvalue weighted by molar-refractivity contribution is 7.14. The molecule has 0 radical (unpaired) electrons. The van der Waals surface area contributed by atoms with Crippen LogP contribution in [-0.4, -0.2) is 17.1 Å². The van der Waals surface area contributed by atoms with Gasteiger partial charge in [0.1, 0.15) is 12.4 Å². The number of amides is 1. The molecule has 1 heterocycles. The monoisotopic (exact) mass is 588 g/mol. The Hall–Kier alpha value is -4.98. The van der Waals surface area contributed by atoms with Gasteiger partial charge in [0.25, 0.3) is 5.91 Å². The van der Waals surface area contributed by atoms with Crippen LogP contribution >= 0.6 is 22.9 Å². The summed E-state index contributed by atoms with van der Waals surface area (Å²) in [6.07, 6.45) is 1.59. The second-order valence-corrected chi connectivity index (χ2v) is 10.7. The first-order valence-corrected chi connectivity index (χ1v) is 14.5. The van der Waals surface area contributed by atoms with E-state index in [2.05, 4.69) is 45.1 Å². The summed E-state index contributed by atoms with van der Waals surface area (Å²) in [6.45, 7) is 0.419. The van der Waals surface area contributed by atoms with Gasteiger partial charge < -0.3 is 10.1 Å². The molecule has 0 aliphatic carbocycles. The van der Waals surface area contributed by atoms with Gasteiger partial charge in [-0.25, -0.2) is 10.4 Å². The zero-order valence-corrected chi connectivity index (χ0v) is 23.9. The van der Waals surface area contributed by atoms with E-state index < -0.39 is 0 Å². The zero-order valence-electron chi connectivity index (χ0n) is 22.3. The van der Waals surface area contributed by atoms with Crippen molar-refractivity contribution in [2.75, 3.05) is 5.32 Å². The van der Waals surface area contributed by atoms with E-state index in [9.17, 15) is 4.79 Å². The fraction of sp³-hybridized carbons (Fsp3) is 0.0294. The van der Waals surface area contributed by atoms with Gasteiger partial charge in [-0.15, -0.1) is 11.3 Å². The molecule has 6 nitrogen and oxygen atoms in total. The predicted molar refractivity (Wildman–Crippen MR) is 172 cm³/mol. The fourth-order valence-electron chi connectivity index (χ4n) is 4.43. The molecule has 0 saturated heterocycles. The van der Waals surface area contributed by atoms with Gasteiger partial charge in [0, 0.05) is 32.8 Å².